The molecule has 0 spiro atoms. The summed E-state index contributed by atoms with van der Waals surface area (Å²) in [6.07, 6.45) is 2.66. The van der Waals surface area contributed by atoms with Crippen molar-refractivity contribution in [1.29, 1.82) is 0 Å². The quantitative estimate of drug-likeness (QED) is 0.606. The number of aromatic nitrogens is 1. The lowest BCUT2D eigenvalue weighted by Gasteiger charge is -2.10. The summed E-state index contributed by atoms with van der Waals surface area (Å²) in [4.78, 5) is 28.0. The van der Waals surface area contributed by atoms with E-state index in [4.69, 9.17) is 0 Å². The van der Waals surface area contributed by atoms with Gasteiger partial charge in [0.05, 0.1) is 11.1 Å². The second kappa shape index (κ2) is 3.70. The van der Waals surface area contributed by atoms with E-state index < -0.39 is 0 Å². The van der Waals surface area contributed by atoms with E-state index in [1.807, 2.05) is 0 Å². The van der Waals surface area contributed by atoms with Gasteiger partial charge in [-0.1, -0.05) is 11.3 Å². The number of carbonyl (C=O) groups is 2. The molecule has 0 bridgehead atoms. The smallest absolute Gasteiger partial charge is 0.229 e. The van der Waals surface area contributed by atoms with E-state index in [9.17, 15) is 9.59 Å². The Morgan fingerprint density at radius 2 is 2.50 bits per heavy atom. The first-order valence-corrected chi connectivity index (χ1v) is 5.43. The molecule has 2 heterocycles. The van der Waals surface area contributed by atoms with Crippen LogP contribution in [0.5, 0.6) is 0 Å². The molecule has 0 aromatic carbocycles. The molecule has 1 fully saturated rings. The maximum Gasteiger partial charge on any atom is 0.229 e. The first-order valence-electron chi connectivity index (χ1n) is 4.10. The summed E-state index contributed by atoms with van der Waals surface area (Å²) in [5.74, 6) is 0.0248. The van der Waals surface area contributed by atoms with Crippen molar-refractivity contribution in [1.82, 2.24) is 4.98 Å². The number of aldehydes is 1. The molecule has 1 saturated heterocycles. The predicted molar refractivity (Wildman–Crippen MR) is 57.2 cm³/mol. The van der Waals surface area contributed by atoms with Crippen molar-refractivity contribution >= 4 is 41.3 Å². The number of nitrogens with zero attached hydrogens (tertiary/aromatic N) is 2. The zero-order valence-corrected chi connectivity index (χ0v) is 8.92. The number of rotatable bonds is 2. The molecule has 0 radical (unpaired) electrons. The van der Waals surface area contributed by atoms with Gasteiger partial charge >= 0.3 is 0 Å². The Bertz CT molecular complexity index is 377. The van der Waals surface area contributed by atoms with Gasteiger partial charge in [0, 0.05) is 18.2 Å². The summed E-state index contributed by atoms with van der Waals surface area (Å²) in [5, 5.41) is 0.666. The maximum absolute atomic E-state index is 11.4. The fraction of sp³-hybridized carbons (Fsp3) is 0.375. The molecule has 6 heteroatoms. The second-order valence-electron chi connectivity index (χ2n) is 3.03. The lowest BCUT2D eigenvalue weighted by Crippen LogP contribution is -2.24. The molecule has 1 aliphatic rings. The zero-order valence-electron chi connectivity index (χ0n) is 7.21. The zero-order chi connectivity index (χ0) is 10.1. The van der Waals surface area contributed by atoms with Gasteiger partial charge in [-0.3, -0.25) is 14.5 Å². The topological polar surface area (TPSA) is 50.3 Å². The Morgan fingerprint density at radius 1 is 1.71 bits per heavy atom. The van der Waals surface area contributed by atoms with Crippen molar-refractivity contribution in [2.75, 3.05) is 11.4 Å². The molecule has 1 aromatic rings. The van der Waals surface area contributed by atoms with E-state index >= 15 is 0 Å². The summed E-state index contributed by atoms with van der Waals surface area (Å²) in [6, 6.07) is 0. The van der Waals surface area contributed by atoms with Gasteiger partial charge in [0.1, 0.15) is 0 Å². The SMILES string of the molecule is O=Cc1cnc(N2CC(S)CC2=O)s1. The Hall–Kier alpha value is -0.880. The minimum absolute atomic E-state index is 0.0248. The molecular weight excluding hydrogens is 220 g/mol. The summed E-state index contributed by atoms with van der Waals surface area (Å²) >= 11 is 5.46. The van der Waals surface area contributed by atoms with E-state index in [0.29, 0.717) is 23.0 Å². The van der Waals surface area contributed by atoms with Crippen molar-refractivity contribution in [3.05, 3.63) is 11.1 Å². The standard InChI is InChI=1S/C8H8N2O2S2/c11-4-6-2-9-8(14-6)10-3-5(13)1-7(10)12/h2,4-5,13H,1,3H2. The molecular formula is C8H8N2O2S2. The van der Waals surface area contributed by atoms with E-state index in [1.165, 1.54) is 17.5 Å². The number of thiazole rings is 1. The van der Waals surface area contributed by atoms with Crippen molar-refractivity contribution in [2.24, 2.45) is 0 Å². The molecule has 1 aromatic heterocycles. The van der Waals surface area contributed by atoms with Crippen LogP contribution in [0.15, 0.2) is 6.20 Å². The first kappa shape index (κ1) is 9.67. The molecule has 0 N–H and O–H groups in total. The molecule has 1 atom stereocenters. The van der Waals surface area contributed by atoms with E-state index in [0.717, 1.165) is 6.29 Å². The summed E-state index contributed by atoms with van der Waals surface area (Å²) in [5.41, 5.74) is 0. The number of carbonyl (C=O) groups excluding carboxylic acids is 2. The molecule has 1 aliphatic heterocycles. The minimum Gasteiger partial charge on any atom is -0.297 e. The van der Waals surface area contributed by atoms with Crippen molar-refractivity contribution in [2.45, 2.75) is 11.7 Å². The van der Waals surface area contributed by atoms with Crippen LogP contribution < -0.4 is 4.90 Å². The van der Waals surface area contributed by atoms with E-state index in [2.05, 4.69) is 17.6 Å². The average molecular weight is 228 g/mol. The van der Waals surface area contributed by atoms with Gasteiger partial charge < -0.3 is 0 Å². The molecule has 74 valence electrons. The van der Waals surface area contributed by atoms with Gasteiger partial charge in [-0.25, -0.2) is 4.98 Å². The highest BCUT2D eigenvalue weighted by molar-refractivity contribution is 7.81. The number of anilines is 1. The molecule has 4 nitrogen and oxygen atoms in total. The van der Waals surface area contributed by atoms with Gasteiger partial charge in [0.25, 0.3) is 0 Å². The highest BCUT2D eigenvalue weighted by Gasteiger charge is 2.29. The second-order valence-corrected chi connectivity index (χ2v) is 4.80. The fourth-order valence-electron chi connectivity index (χ4n) is 1.33. The van der Waals surface area contributed by atoms with Gasteiger partial charge in [-0.15, -0.1) is 0 Å². The lowest BCUT2D eigenvalue weighted by atomic mass is 10.4. The number of amides is 1. The van der Waals surface area contributed by atoms with E-state index in [-0.39, 0.29) is 11.2 Å². The monoisotopic (exact) mass is 228 g/mol. The number of thiol groups is 1. The van der Waals surface area contributed by atoms with Crippen LogP contribution in [-0.4, -0.2) is 29.0 Å². The van der Waals surface area contributed by atoms with Crippen molar-refractivity contribution in [3.8, 4) is 0 Å². The third kappa shape index (κ3) is 1.67. The highest BCUT2D eigenvalue weighted by atomic mass is 32.1. The van der Waals surface area contributed by atoms with Crippen LogP contribution in [-0.2, 0) is 4.79 Å². The Balaban J connectivity index is 2.22. The van der Waals surface area contributed by atoms with Gasteiger partial charge in [0.2, 0.25) is 5.91 Å². The molecule has 1 unspecified atom stereocenters. The number of hydrogen-bond donors (Lipinski definition) is 1. The van der Waals surface area contributed by atoms with Crippen LogP contribution >= 0.6 is 24.0 Å². The van der Waals surface area contributed by atoms with Crippen LogP contribution in [0.3, 0.4) is 0 Å². The van der Waals surface area contributed by atoms with Gasteiger partial charge in [0.15, 0.2) is 11.4 Å². The molecule has 0 aliphatic carbocycles. The van der Waals surface area contributed by atoms with Crippen LogP contribution in [0.25, 0.3) is 0 Å². The minimum atomic E-state index is 0.0248. The molecule has 1 amide bonds. The summed E-state index contributed by atoms with van der Waals surface area (Å²) < 4.78 is 0. The summed E-state index contributed by atoms with van der Waals surface area (Å²) in [6.45, 7) is 0.577. The molecule has 2 rings (SSSR count). The molecule has 0 saturated carbocycles. The van der Waals surface area contributed by atoms with Crippen LogP contribution in [0.2, 0.25) is 0 Å². The first-order chi connectivity index (χ1) is 6.70. The fourth-order valence-corrected chi connectivity index (χ4v) is 2.41. The van der Waals surface area contributed by atoms with Crippen LogP contribution in [0.1, 0.15) is 16.1 Å². The van der Waals surface area contributed by atoms with Crippen molar-refractivity contribution in [3.63, 3.8) is 0 Å². The van der Waals surface area contributed by atoms with Gasteiger partial charge in [-0.2, -0.15) is 12.6 Å². The van der Waals surface area contributed by atoms with Crippen LogP contribution in [0.4, 0.5) is 5.13 Å². The van der Waals surface area contributed by atoms with Crippen LogP contribution in [0, 0.1) is 0 Å². The molecule has 14 heavy (non-hydrogen) atoms. The Morgan fingerprint density at radius 3 is 3.00 bits per heavy atom. The van der Waals surface area contributed by atoms with E-state index in [1.54, 1.807) is 4.90 Å². The Kier molecular flexibility index (Phi) is 2.56. The third-order valence-electron chi connectivity index (χ3n) is 1.96. The maximum atomic E-state index is 11.4. The third-order valence-corrected chi connectivity index (χ3v) is 3.25. The lowest BCUT2D eigenvalue weighted by molar-refractivity contribution is -0.117. The largest absolute Gasteiger partial charge is 0.297 e. The highest BCUT2D eigenvalue weighted by Crippen LogP contribution is 2.27. The average Bonchev–Trinajstić information content (AvgIpc) is 2.71. The van der Waals surface area contributed by atoms with Crippen molar-refractivity contribution < 1.29 is 9.59 Å². The number of hydrogen-bond acceptors (Lipinski definition) is 5. The van der Waals surface area contributed by atoms with Gasteiger partial charge in [-0.05, 0) is 0 Å². The Labute approximate surface area is 90.3 Å². The normalized spacial score (nSPS) is 21.6. The summed E-state index contributed by atoms with van der Waals surface area (Å²) in [7, 11) is 0. The predicted octanol–water partition coefficient (Wildman–Crippen LogP) is 0.991.